The third kappa shape index (κ3) is 3.98. The monoisotopic (exact) mass is 309 g/mol. The van der Waals surface area contributed by atoms with E-state index in [1.807, 2.05) is 18.2 Å². The van der Waals surface area contributed by atoms with E-state index in [-0.39, 0.29) is 6.04 Å². The Morgan fingerprint density at radius 1 is 1.35 bits per heavy atom. The van der Waals surface area contributed by atoms with Crippen LogP contribution >= 0.6 is 22.9 Å². The molecule has 1 unspecified atom stereocenters. The normalized spacial score (nSPS) is 12.3. The van der Waals surface area contributed by atoms with Crippen LogP contribution in [0.15, 0.2) is 35.0 Å². The van der Waals surface area contributed by atoms with Crippen molar-refractivity contribution in [2.24, 2.45) is 0 Å². The zero-order valence-electron chi connectivity index (χ0n) is 11.9. The Balaban J connectivity index is 2.27. The molecule has 0 aliphatic heterocycles. The van der Waals surface area contributed by atoms with Gasteiger partial charge in [-0.25, -0.2) is 0 Å². The zero-order valence-corrected chi connectivity index (χ0v) is 13.4. The molecule has 0 saturated heterocycles. The van der Waals surface area contributed by atoms with Crippen molar-refractivity contribution in [3.05, 3.63) is 51.2 Å². The molecule has 0 bridgehead atoms. The van der Waals surface area contributed by atoms with Crippen molar-refractivity contribution < 1.29 is 4.74 Å². The number of hydrogen-bond donors (Lipinski definition) is 1. The molecule has 1 aromatic carbocycles. The molecule has 0 spiro atoms. The van der Waals surface area contributed by atoms with Crippen LogP contribution in [0.25, 0.3) is 0 Å². The summed E-state index contributed by atoms with van der Waals surface area (Å²) in [6.07, 6.45) is 2.04. The number of rotatable bonds is 7. The third-order valence-electron chi connectivity index (χ3n) is 3.23. The predicted octanol–water partition coefficient (Wildman–Crippen LogP) is 4.69. The molecule has 4 heteroatoms. The van der Waals surface area contributed by atoms with E-state index in [4.69, 9.17) is 16.3 Å². The molecule has 1 aromatic heterocycles. The maximum atomic E-state index is 6.15. The first-order valence-electron chi connectivity index (χ1n) is 6.82. The number of methoxy groups -OCH3 is 1. The summed E-state index contributed by atoms with van der Waals surface area (Å²) in [7, 11) is 1.70. The Hall–Kier alpha value is -1.03. The third-order valence-corrected chi connectivity index (χ3v) is 4.19. The summed E-state index contributed by atoms with van der Waals surface area (Å²) in [6, 6.07) is 8.19. The summed E-state index contributed by atoms with van der Waals surface area (Å²) in [5, 5.41) is 8.64. The van der Waals surface area contributed by atoms with Gasteiger partial charge in [-0.3, -0.25) is 0 Å². The molecule has 0 saturated carbocycles. The van der Waals surface area contributed by atoms with Crippen LogP contribution in [0.4, 0.5) is 0 Å². The van der Waals surface area contributed by atoms with Gasteiger partial charge in [0.15, 0.2) is 0 Å². The quantitative estimate of drug-likeness (QED) is 0.801. The van der Waals surface area contributed by atoms with Gasteiger partial charge in [0, 0.05) is 16.6 Å². The van der Waals surface area contributed by atoms with Gasteiger partial charge in [-0.05, 0) is 60.0 Å². The largest absolute Gasteiger partial charge is 0.496 e. The lowest BCUT2D eigenvalue weighted by Gasteiger charge is -2.21. The van der Waals surface area contributed by atoms with E-state index in [9.17, 15) is 0 Å². The van der Waals surface area contributed by atoms with Crippen molar-refractivity contribution in [1.82, 2.24) is 5.32 Å². The fourth-order valence-corrected chi connectivity index (χ4v) is 3.09. The Morgan fingerprint density at radius 2 is 2.20 bits per heavy atom. The minimum Gasteiger partial charge on any atom is -0.496 e. The average molecular weight is 310 g/mol. The van der Waals surface area contributed by atoms with E-state index in [0.717, 1.165) is 35.7 Å². The van der Waals surface area contributed by atoms with E-state index in [0.29, 0.717) is 0 Å². The van der Waals surface area contributed by atoms with Crippen LogP contribution in [0.3, 0.4) is 0 Å². The maximum Gasteiger partial charge on any atom is 0.123 e. The highest BCUT2D eigenvalue weighted by Crippen LogP contribution is 2.30. The Morgan fingerprint density at radius 3 is 2.85 bits per heavy atom. The van der Waals surface area contributed by atoms with Gasteiger partial charge in [-0.2, -0.15) is 11.3 Å². The fourth-order valence-electron chi connectivity index (χ4n) is 2.23. The first kappa shape index (κ1) is 15.4. The number of nitrogens with one attached hydrogen (secondary N) is 1. The highest BCUT2D eigenvalue weighted by atomic mass is 35.5. The van der Waals surface area contributed by atoms with Crippen molar-refractivity contribution in [1.29, 1.82) is 0 Å². The van der Waals surface area contributed by atoms with Crippen molar-refractivity contribution in [2.75, 3.05) is 13.7 Å². The summed E-state index contributed by atoms with van der Waals surface area (Å²) in [4.78, 5) is 0. The standard InChI is InChI=1S/C16H20ClNOS/c1-3-7-18-15(9-12-6-8-20-11-12)14-10-13(17)4-5-16(14)19-2/h4-6,8,10-11,15,18H,3,7,9H2,1-2H3. The second-order valence-corrected chi connectivity index (χ2v) is 5.95. The van der Waals surface area contributed by atoms with Crippen LogP contribution in [-0.4, -0.2) is 13.7 Å². The SMILES string of the molecule is CCCNC(Cc1ccsc1)c1cc(Cl)ccc1OC. The van der Waals surface area contributed by atoms with Crippen LogP contribution in [0.5, 0.6) is 5.75 Å². The van der Waals surface area contributed by atoms with Crippen LogP contribution < -0.4 is 10.1 Å². The van der Waals surface area contributed by atoms with Gasteiger partial charge < -0.3 is 10.1 Å². The molecular formula is C16H20ClNOS. The molecular weight excluding hydrogens is 290 g/mol. The summed E-state index contributed by atoms with van der Waals surface area (Å²) in [5.41, 5.74) is 2.46. The molecule has 108 valence electrons. The highest BCUT2D eigenvalue weighted by Gasteiger charge is 2.17. The van der Waals surface area contributed by atoms with Crippen molar-refractivity contribution in [2.45, 2.75) is 25.8 Å². The molecule has 0 aliphatic carbocycles. The van der Waals surface area contributed by atoms with Crippen molar-refractivity contribution >= 4 is 22.9 Å². The number of halogens is 1. The molecule has 2 rings (SSSR count). The van der Waals surface area contributed by atoms with Gasteiger partial charge in [0.1, 0.15) is 5.75 Å². The van der Waals surface area contributed by atoms with Gasteiger partial charge in [0.2, 0.25) is 0 Å². The Labute approximate surface area is 129 Å². The molecule has 0 radical (unpaired) electrons. The molecule has 1 atom stereocenters. The predicted molar refractivity (Wildman–Crippen MR) is 87.1 cm³/mol. The van der Waals surface area contributed by atoms with Gasteiger partial charge in [0.25, 0.3) is 0 Å². The molecule has 2 aromatic rings. The van der Waals surface area contributed by atoms with Gasteiger partial charge in [-0.1, -0.05) is 18.5 Å². The first-order valence-corrected chi connectivity index (χ1v) is 8.14. The minimum absolute atomic E-state index is 0.221. The summed E-state index contributed by atoms with van der Waals surface area (Å²) in [6.45, 7) is 3.15. The van der Waals surface area contributed by atoms with Gasteiger partial charge in [-0.15, -0.1) is 0 Å². The summed E-state index contributed by atoms with van der Waals surface area (Å²) >= 11 is 7.88. The summed E-state index contributed by atoms with van der Waals surface area (Å²) < 4.78 is 5.48. The van der Waals surface area contributed by atoms with Crippen molar-refractivity contribution in [3.8, 4) is 5.75 Å². The number of thiophene rings is 1. The molecule has 0 aliphatic rings. The fraction of sp³-hybridized carbons (Fsp3) is 0.375. The maximum absolute atomic E-state index is 6.15. The van der Waals surface area contributed by atoms with Crippen molar-refractivity contribution in [3.63, 3.8) is 0 Å². The molecule has 0 fully saturated rings. The molecule has 1 heterocycles. The second kappa shape index (κ2) is 7.67. The topological polar surface area (TPSA) is 21.3 Å². The van der Waals surface area contributed by atoms with E-state index in [2.05, 4.69) is 29.1 Å². The Bertz CT molecular complexity index is 527. The second-order valence-electron chi connectivity index (χ2n) is 4.73. The minimum atomic E-state index is 0.221. The van der Waals surface area contributed by atoms with Crippen LogP contribution in [0.1, 0.15) is 30.5 Å². The lowest BCUT2D eigenvalue weighted by atomic mass is 9.99. The lowest BCUT2D eigenvalue weighted by Crippen LogP contribution is -2.24. The Kier molecular flexibility index (Phi) is 5.89. The van der Waals surface area contributed by atoms with Crippen LogP contribution in [-0.2, 0) is 6.42 Å². The number of benzene rings is 1. The first-order chi connectivity index (χ1) is 9.74. The van der Waals surface area contributed by atoms with Crippen LogP contribution in [0, 0.1) is 0 Å². The van der Waals surface area contributed by atoms with E-state index in [1.54, 1.807) is 18.4 Å². The smallest absolute Gasteiger partial charge is 0.123 e. The molecule has 0 amide bonds. The van der Waals surface area contributed by atoms with Gasteiger partial charge in [0.05, 0.1) is 7.11 Å². The van der Waals surface area contributed by atoms with Gasteiger partial charge >= 0.3 is 0 Å². The molecule has 20 heavy (non-hydrogen) atoms. The average Bonchev–Trinajstić information content (AvgIpc) is 2.96. The molecule has 2 nitrogen and oxygen atoms in total. The zero-order chi connectivity index (χ0) is 14.4. The highest BCUT2D eigenvalue weighted by molar-refractivity contribution is 7.07. The van der Waals surface area contributed by atoms with E-state index >= 15 is 0 Å². The molecule has 1 N–H and O–H groups in total. The lowest BCUT2D eigenvalue weighted by molar-refractivity contribution is 0.398. The number of hydrogen-bond acceptors (Lipinski definition) is 3. The van der Waals surface area contributed by atoms with E-state index < -0.39 is 0 Å². The van der Waals surface area contributed by atoms with Crippen LogP contribution in [0.2, 0.25) is 5.02 Å². The summed E-state index contributed by atoms with van der Waals surface area (Å²) in [5.74, 6) is 0.887. The number of ether oxygens (including phenoxy) is 1. The van der Waals surface area contributed by atoms with E-state index in [1.165, 1.54) is 5.56 Å².